The van der Waals surface area contributed by atoms with Crippen molar-refractivity contribution in [2.24, 2.45) is 17.8 Å². The Kier molecular flexibility index (Phi) is 11.3. The van der Waals surface area contributed by atoms with Gasteiger partial charge in [-0.3, -0.25) is 0 Å². The van der Waals surface area contributed by atoms with Gasteiger partial charge in [-0.05, 0) is 56.4 Å². The minimum atomic E-state index is 0.285. The van der Waals surface area contributed by atoms with Gasteiger partial charge in [0, 0.05) is 16.3 Å². The summed E-state index contributed by atoms with van der Waals surface area (Å²) < 4.78 is 0. The first kappa shape index (κ1) is 27.3. The van der Waals surface area contributed by atoms with E-state index in [1.807, 2.05) is 31.2 Å². The number of fused-ring (bicyclic) bond motifs is 1. The molecule has 2 atom stereocenters. The average Bonchev–Trinajstić information content (AvgIpc) is 2.77. The summed E-state index contributed by atoms with van der Waals surface area (Å²) in [6.07, 6.45) is 14.7. The van der Waals surface area contributed by atoms with Crippen LogP contribution < -0.4 is 0 Å². The maximum Gasteiger partial charge on any atom is 0.127 e. The number of hydrogen-bond donors (Lipinski definition) is 2. The van der Waals surface area contributed by atoms with Gasteiger partial charge in [-0.25, -0.2) is 0 Å². The highest BCUT2D eigenvalue weighted by Gasteiger charge is 2.15. The van der Waals surface area contributed by atoms with Gasteiger partial charge in [0.15, 0.2) is 0 Å². The van der Waals surface area contributed by atoms with Crippen molar-refractivity contribution >= 4 is 10.8 Å². The standard InChI is InChI=1S/C31H48O2/c1-22(2)12-9-13-23(3)14-10-15-24(4)16-11-17-25(5)20-21-27-26(6)30(32)28-18-7-8-19-29(28)31(27)33/h7-8,18-20,22-24,32-33H,9-17,21H2,1-6H3/b25-20+/t23-,24+/m0/s1. The lowest BCUT2D eigenvalue weighted by atomic mass is 9.91. The summed E-state index contributed by atoms with van der Waals surface area (Å²) >= 11 is 0. The maximum atomic E-state index is 10.8. The van der Waals surface area contributed by atoms with E-state index in [1.165, 1.54) is 56.9 Å². The van der Waals surface area contributed by atoms with Gasteiger partial charge in [-0.1, -0.05) is 109 Å². The molecule has 0 aromatic heterocycles. The van der Waals surface area contributed by atoms with E-state index < -0.39 is 0 Å². The number of rotatable bonds is 14. The Labute approximate surface area is 203 Å². The summed E-state index contributed by atoms with van der Waals surface area (Å²) in [5.74, 6) is 3.09. The van der Waals surface area contributed by atoms with Crippen molar-refractivity contribution in [2.45, 2.75) is 106 Å². The first-order valence-electron chi connectivity index (χ1n) is 13.3. The topological polar surface area (TPSA) is 40.5 Å². The lowest BCUT2D eigenvalue weighted by Crippen LogP contribution is -2.00. The monoisotopic (exact) mass is 452 g/mol. The van der Waals surface area contributed by atoms with Crippen molar-refractivity contribution in [2.75, 3.05) is 0 Å². The van der Waals surface area contributed by atoms with Crippen LogP contribution in [-0.2, 0) is 6.42 Å². The maximum absolute atomic E-state index is 10.8. The molecule has 2 rings (SSSR count). The first-order valence-corrected chi connectivity index (χ1v) is 13.3. The molecule has 0 saturated heterocycles. The third kappa shape index (κ3) is 8.72. The number of allylic oxidation sites excluding steroid dienone is 2. The van der Waals surface area contributed by atoms with Crippen LogP contribution in [0.25, 0.3) is 10.8 Å². The molecule has 0 heterocycles. The zero-order valence-corrected chi connectivity index (χ0v) is 22.1. The first-order chi connectivity index (χ1) is 15.7. The van der Waals surface area contributed by atoms with Crippen LogP contribution in [0.5, 0.6) is 11.5 Å². The number of benzene rings is 2. The molecule has 0 aliphatic rings. The summed E-state index contributed by atoms with van der Waals surface area (Å²) in [5.41, 5.74) is 2.98. The van der Waals surface area contributed by atoms with Gasteiger partial charge in [-0.15, -0.1) is 0 Å². The van der Waals surface area contributed by atoms with E-state index in [4.69, 9.17) is 0 Å². The number of phenols is 2. The van der Waals surface area contributed by atoms with Gasteiger partial charge in [0.25, 0.3) is 0 Å². The molecule has 0 saturated carbocycles. The normalized spacial score (nSPS) is 14.2. The third-order valence-corrected chi connectivity index (χ3v) is 7.33. The van der Waals surface area contributed by atoms with Crippen LogP contribution in [0, 0.1) is 24.7 Å². The van der Waals surface area contributed by atoms with E-state index in [0.717, 1.165) is 46.1 Å². The third-order valence-electron chi connectivity index (χ3n) is 7.33. The molecule has 2 N–H and O–H groups in total. The molecule has 0 fully saturated rings. The van der Waals surface area contributed by atoms with Gasteiger partial charge in [0.1, 0.15) is 11.5 Å². The van der Waals surface area contributed by atoms with Crippen LogP contribution in [-0.4, -0.2) is 10.2 Å². The smallest absolute Gasteiger partial charge is 0.127 e. The highest BCUT2D eigenvalue weighted by molar-refractivity contribution is 5.95. The summed E-state index contributed by atoms with van der Waals surface area (Å²) in [7, 11) is 0. The Morgan fingerprint density at radius 1 is 0.788 bits per heavy atom. The molecule has 0 amide bonds. The summed E-state index contributed by atoms with van der Waals surface area (Å²) in [4.78, 5) is 0. The predicted molar refractivity (Wildman–Crippen MR) is 144 cm³/mol. The van der Waals surface area contributed by atoms with Crippen LogP contribution in [0.3, 0.4) is 0 Å². The van der Waals surface area contributed by atoms with E-state index in [-0.39, 0.29) is 5.75 Å². The summed E-state index contributed by atoms with van der Waals surface area (Å²) in [6.45, 7) is 13.6. The average molecular weight is 453 g/mol. The zero-order chi connectivity index (χ0) is 24.4. The van der Waals surface area contributed by atoms with Crippen molar-refractivity contribution in [1.29, 1.82) is 0 Å². The second-order valence-electron chi connectivity index (χ2n) is 11.0. The van der Waals surface area contributed by atoms with E-state index in [1.54, 1.807) is 0 Å². The van der Waals surface area contributed by atoms with Gasteiger partial charge in [0.05, 0.1) is 0 Å². The SMILES string of the molecule is C/C(=C\Cc1c(C)c(O)c2ccccc2c1O)CCC[C@H](C)CCC[C@@H](C)CCCC(C)C. The zero-order valence-electron chi connectivity index (χ0n) is 22.1. The van der Waals surface area contributed by atoms with Crippen molar-refractivity contribution in [3.05, 3.63) is 47.0 Å². The lowest BCUT2D eigenvalue weighted by Gasteiger charge is -2.15. The van der Waals surface area contributed by atoms with Crippen LogP contribution in [0.4, 0.5) is 0 Å². The van der Waals surface area contributed by atoms with E-state index in [9.17, 15) is 10.2 Å². The molecule has 2 heteroatoms. The fourth-order valence-corrected chi connectivity index (χ4v) is 4.92. The molecular weight excluding hydrogens is 404 g/mol. The molecule has 184 valence electrons. The van der Waals surface area contributed by atoms with Gasteiger partial charge in [0.2, 0.25) is 0 Å². The van der Waals surface area contributed by atoms with Crippen molar-refractivity contribution < 1.29 is 10.2 Å². The van der Waals surface area contributed by atoms with Crippen molar-refractivity contribution in [1.82, 2.24) is 0 Å². The fourth-order valence-electron chi connectivity index (χ4n) is 4.92. The van der Waals surface area contributed by atoms with Crippen LogP contribution in [0.2, 0.25) is 0 Å². The second kappa shape index (κ2) is 13.7. The Morgan fingerprint density at radius 2 is 1.30 bits per heavy atom. The van der Waals surface area contributed by atoms with E-state index in [0.29, 0.717) is 12.2 Å². The number of hydrogen-bond acceptors (Lipinski definition) is 2. The van der Waals surface area contributed by atoms with Crippen molar-refractivity contribution in [3.63, 3.8) is 0 Å². The van der Waals surface area contributed by atoms with Gasteiger partial charge in [-0.2, -0.15) is 0 Å². The Bertz CT molecular complexity index is 893. The molecule has 33 heavy (non-hydrogen) atoms. The minimum absolute atomic E-state index is 0.285. The van der Waals surface area contributed by atoms with Crippen LogP contribution >= 0.6 is 0 Å². The molecule has 0 bridgehead atoms. The van der Waals surface area contributed by atoms with Crippen molar-refractivity contribution in [3.8, 4) is 11.5 Å². The number of phenolic OH excluding ortho intramolecular Hbond substituents is 2. The molecule has 2 nitrogen and oxygen atoms in total. The quantitative estimate of drug-likeness (QED) is 0.221. The highest BCUT2D eigenvalue weighted by Crippen LogP contribution is 2.39. The largest absolute Gasteiger partial charge is 0.507 e. The van der Waals surface area contributed by atoms with Gasteiger partial charge < -0.3 is 10.2 Å². The highest BCUT2D eigenvalue weighted by atomic mass is 16.3. The summed E-state index contributed by atoms with van der Waals surface area (Å²) in [6, 6.07) is 7.52. The van der Waals surface area contributed by atoms with E-state index in [2.05, 4.69) is 40.7 Å². The molecule has 0 aliphatic heterocycles. The predicted octanol–water partition coefficient (Wildman–Crippen LogP) is 9.49. The molecule has 0 radical (unpaired) electrons. The van der Waals surface area contributed by atoms with E-state index >= 15 is 0 Å². The van der Waals surface area contributed by atoms with Gasteiger partial charge >= 0.3 is 0 Å². The number of aromatic hydroxyl groups is 2. The molecular formula is C31H48O2. The molecule has 2 aromatic rings. The Hall–Kier alpha value is -1.96. The summed E-state index contributed by atoms with van der Waals surface area (Å²) in [5, 5.41) is 22.8. The Balaban J connectivity index is 1.75. The minimum Gasteiger partial charge on any atom is -0.507 e. The van der Waals surface area contributed by atoms with Crippen LogP contribution in [0.15, 0.2) is 35.9 Å². The Morgan fingerprint density at radius 3 is 1.88 bits per heavy atom. The molecule has 0 spiro atoms. The second-order valence-corrected chi connectivity index (χ2v) is 11.0. The molecule has 2 aromatic carbocycles. The van der Waals surface area contributed by atoms with Crippen LogP contribution in [0.1, 0.15) is 104 Å². The molecule has 0 unspecified atom stereocenters. The fraction of sp³-hybridized carbons (Fsp3) is 0.613. The lowest BCUT2D eigenvalue weighted by molar-refractivity contribution is 0.389. The molecule has 0 aliphatic carbocycles.